The van der Waals surface area contributed by atoms with Crippen molar-refractivity contribution in [2.45, 2.75) is 19.9 Å². The summed E-state index contributed by atoms with van der Waals surface area (Å²) in [5.74, 6) is -1.29. The van der Waals surface area contributed by atoms with Gasteiger partial charge in [-0.2, -0.15) is 0 Å². The first-order valence-corrected chi connectivity index (χ1v) is 7.18. The van der Waals surface area contributed by atoms with Crippen molar-refractivity contribution in [2.75, 3.05) is 6.54 Å². The molecule has 0 saturated carbocycles. The Balaban J connectivity index is 3.09. The highest BCUT2D eigenvalue weighted by molar-refractivity contribution is 14.1. The van der Waals surface area contributed by atoms with E-state index in [2.05, 4.69) is 38.5 Å². The fourth-order valence-corrected chi connectivity index (χ4v) is 2.36. The molecule has 0 saturated heterocycles. The Morgan fingerprint density at radius 2 is 2.06 bits per heavy atom. The number of benzene rings is 1. The average Bonchev–Trinajstić information content (AvgIpc) is 2.27. The first kappa shape index (κ1) is 15.4. The molecule has 6 heteroatoms. The van der Waals surface area contributed by atoms with E-state index < -0.39 is 5.97 Å². The van der Waals surface area contributed by atoms with Gasteiger partial charge < -0.3 is 10.0 Å². The standard InChI is InChI=1S/C12H13BrINO3/c1-7(2)15(6-11(16)17)12(18)9-5-8(14)3-4-10(9)13/h3-5,7H,6H2,1-2H3,(H,16,17). The minimum absolute atomic E-state index is 0.168. The van der Waals surface area contributed by atoms with E-state index >= 15 is 0 Å². The molecule has 98 valence electrons. The molecule has 0 fully saturated rings. The van der Waals surface area contributed by atoms with Crippen LogP contribution in [0.15, 0.2) is 22.7 Å². The van der Waals surface area contributed by atoms with Gasteiger partial charge in [0.05, 0.1) is 5.56 Å². The van der Waals surface area contributed by atoms with Gasteiger partial charge in [-0.1, -0.05) is 0 Å². The second kappa shape index (κ2) is 6.51. The van der Waals surface area contributed by atoms with Gasteiger partial charge in [0, 0.05) is 14.1 Å². The Hall–Kier alpha value is -0.630. The Labute approximate surface area is 128 Å². The molecule has 1 aromatic rings. The molecule has 4 nitrogen and oxygen atoms in total. The maximum absolute atomic E-state index is 12.3. The van der Waals surface area contributed by atoms with Gasteiger partial charge in [0.2, 0.25) is 0 Å². The number of carbonyl (C=O) groups excluding carboxylic acids is 1. The van der Waals surface area contributed by atoms with E-state index in [1.54, 1.807) is 26.0 Å². The normalized spacial score (nSPS) is 10.5. The summed E-state index contributed by atoms with van der Waals surface area (Å²) in [5.41, 5.74) is 0.483. The fraction of sp³-hybridized carbons (Fsp3) is 0.333. The van der Waals surface area contributed by atoms with Gasteiger partial charge in [0.25, 0.3) is 5.91 Å². The number of carbonyl (C=O) groups is 2. The number of rotatable bonds is 4. The average molecular weight is 426 g/mol. The van der Waals surface area contributed by atoms with Crippen LogP contribution in [-0.4, -0.2) is 34.5 Å². The molecule has 0 aromatic heterocycles. The van der Waals surface area contributed by atoms with Crippen LogP contribution < -0.4 is 0 Å². The van der Waals surface area contributed by atoms with E-state index in [1.165, 1.54) is 4.90 Å². The van der Waals surface area contributed by atoms with E-state index in [0.29, 0.717) is 10.0 Å². The predicted octanol–water partition coefficient (Wildman–Crippen LogP) is 2.99. The highest BCUT2D eigenvalue weighted by atomic mass is 127. The molecular formula is C12H13BrINO3. The zero-order valence-corrected chi connectivity index (χ0v) is 13.7. The second-order valence-electron chi connectivity index (χ2n) is 4.04. The van der Waals surface area contributed by atoms with Crippen molar-refractivity contribution in [3.63, 3.8) is 0 Å². The summed E-state index contributed by atoms with van der Waals surface area (Å²) >= 11 is 5.43. The third-order valence-corrected chi connectivity index (χ3v) is 3.71. The molecule has 0 aliphatic heterocycles. The van der Waals surface area contributed by atoms with Crippen LogP contribution in [0, 0.1) is 3.57 Å². The molecule has 1 amide bonds. The van der Waals surface area contributed by atoms with Crippen LogP contribution >= 0.6 is 38.5 Å². The molecule has 0 radical (unpaired) electrons. The minimum Gasteiger partial charge on any atom is -0.480 e. The molecular weight excluding hydrogens is 413 g/mol. The second-order valence-corrected chi connectivity index (χ2v) is 6.14. The highest BCUT2D eigenvalue weighted by Crippen LogP contribution is 2.21. The van der Waals surface area contributed by atoms with Crippen molar-refractivity contribution in [3.8, 4) is 0 Å². The lowest BCUT2D eigenvalue weighted by Gasteiger charge is -2.25. The van der Waals surface area contributed by atoms with Crippen LogP contribution in [-0.2, 0) is 4.79 Å². The van der Waals surface area contributed by atoms with Crippen molar-refractivity contribution < 1.29 is 14.7 Å². The molecule has 0 unspecified atom stereocenters. The van der Waals surface area contributed by atoms with Gasteiger partial charge in [-0.3, -0.25) is 9.59 Å². The molecule has 0 aliphatic carbocycles. The number of carboxylic acids is 1. The van der Waals surface area contributed by atoms with Crippen LogP contribution in [0.2, 0.25) is 0 Å². The van der Waals surface area contributed by atoms with Crippen molar-refractivity contribution in [3.05, 3.63) is 31.8 Å². The largest absolute Gasteiger partial charge is 0.480 e. The molecule has 18 heavy (non-hydrogen) atoms. The van der Waals surface area contributed by atoms with Crippen LogP contribution in [0.3, 0.4) is 0 Å². The van der Waals surface area contributed by atoms with Crippen LogP contribution in [0.25, 0.3) is 0 Å². The van der Waals surface area contributed by atoms with Crippen molar-refractivity contribution in [2.24, 2.45) is 0 Å². The first-order chi connectivity index (χ1) is 8.32. The van der Waals surface area contributed by atoms with Crippen LogP contribution in [0.1, 0.15) is 24.2 Å². The number of amides is 1. The quantitative estimate of drug-likeness (QED) is 0.754. The summed E-state index contributed by atoms with van der Waals surface area (Å²) in [4.78, 5) is 24.5. The lowest BCUT2D eigenvalue weighted by atomic mass is 10.1. The third kappa shape index (κ3) is 3.94. The number of halogens is 2. The van der Waals surface area contributed by atoms with E-state index in [0.717, 1.165) is 3.57 Å². The maximum Gasteiger partial charge on any atom is 0.323 e. The molecule has 0 aliphatic rings. The summed E-state index contributed by atoms with van der Waals surface area (Å²) in [6, 6.07) is 5.23. The number of nitrogens with zero attached hydrogens (tertiary/aromatic N) is 1. The van der Waals surface area contributed by atoms with Crippen molar-refractivity contribution in [1.29, 1.82) is 0 Å². The molecule has 0 spiro atoms. The monoisotopic (exact) mass is 425 g/mol. The predicted molar refractivity (Wildman–Crippen MR) is 80.7 cm³/mol. The maximum atomic E-state index is 12.3. The molecule has 1 N–H and O–H groups in total. The lowest BCUT2D eigenvalue weighted by molar-refractivity contribution is -0.138. The van der Waals surface area contributed by atoms with Gasteiger partial charge in [0.15, 0.2) is 0 Å². The number of hydrogen-bond donors (Lipinski definition) is 1. The van der Waals surface area contributed by atoms with E-state index in [1.807, 2.05) is 6.07 Å². The first-order valence-electron chi connectivity index (χ1n) is 5.30. The minimum atomic E-state index is -1.01. The fourth-order valence-electron chi connectivity index (χ4n) is 1.45. The van der Waals surface area contributed by atoms with Gasteiger partial charge in [-0.05, 0) is 70.6 Å². The zero-order valence-electron chi connectivity index (χ0n) is 9.98. The molecule has 0 bridgehead atoms. The number of hydrogen-bond acceptors (Lipinski definition) is 2. The summed E-state index contributed by atoms with van der Waals surface area (Å²) < 4.78 is 1.60. The number of carboxylic acid groups (broad SMARTS) is 1. The smallest absolute Gasteiger partial charge is 0.323 e. The topological polar surface area (TPSA) is 57.6 Å². The molecule has 1 aromatic carbocycles. The summed E-state index contributed by atoms with van der Waals surface area (Å²) in [7, 11) is 0. The van der Waals surface area contributed by atoms with Crippen LogP contribution in [0.5, 0.6) is 0 Å². The van der Waals surface area contributed by atoms with E-state index in [9.17, 15) is 9.59 Å². The molecule has 0 heterocycles. The SMILES string of the molecule is CC(C)N(CC(=O)O)C(=O)c1cc(I)ccc1Br. The Kier molecular flexibility index (Phi) is 5.58. The van der Waals surface area contributed by atoms with Gasteiger partial charge in [-0.15, -0.1) is 0 Å². The van der Waals surface area contributed by atoms with E-state index in [-0.39, 0.29) is 18.5 Å². The Morgan fingerprint density at radius 3 is 2.56 bits per heavy atom. The van der Waals surface area contributed by atoms with Crippen molar-refractivity contribution in [1.82, 2.24) is 4.90 Å². The van der Waals surface area contributed by atoms with Crippen molar-refractivity contribution >= 4 is 50.4 Å². The Bertz CT molecular complexity index is 476. The third-order valence-electron chi connectivity index (χ3n) is 2.35. The zero-order chi connectivity index (χ0) is 13.9. The summed E-state index contributed by atoms with van der Waals surface area (Å²) in [5, 5.41) is 8.85. The summed E-state index contributed by atoms with van der Waals surface area (Å²) in [6.07, 6.45) is 0. The van der Waals surface area contributed by atoms with Gasteiger partial charge >= 0.3 is 5.97 Å². The van der Waals surface area contributed by atoms with E-state index in [4.69, 9.17) is 5.11 Å². The summed E-state index contributed by atoms with van der Waals surface area (Å²) in [6.45, 7) is 3.29. The Morgan fingerprint density at radius 1 is 1.44 bits per heavy atom. The lowest BCUT2D eigenvalue weighted by Crippen LogP contribution is -2.40. The van der Waals surface area contributed by atoms with Crippen LogP contribution in [0.4, 0.5) is 0 Å². The molecule has 1 rings (SSSR count). The van der Waals surface area contributed by atoms with Gasteiger partial charge in [0.1, 0.15) is 6.54 Å². The van der Waals surface area contributed by atoms with Gasteiger partial charge in [-0.25, -0.2) is 0 Å². The highest BCUT2D eigenvalue weighted by Gasteiger charge is 2.23. The molecule has 0 atom stereocenters. The number of aliphatic carboxylic acids is 1.